The largest absolute Gasteiger partial charge is 0.445 e. The summed E-state index contributed by atoms with van der Waals surface area (Å²) in [5, 5.41) is 14.3. The summed E-state index contributed by atoms with van der Waals surface area (Å²) in [6.07, 6.45) is 0.465. The highest BCUT2D eigenvalue weighted by Gasteiger charge is 2.23. The third-order valence-electron chi connectivity index (χ3n) is 4.68. The van der Waals surface area contributed by atoms with Crippen LogP contribution >= 0.6 is 0 Å². The molecule has 0 bridgehead atoms. The fourth-order valence-electron chi connectivity index (χ4n) is 2.81. The molecule has 0 heterocycles. The lowest BCUT2D eigenvalue weighted by molar-refractivity contribution is -0.118. The number of anilines is 1. The fourth-order valence-corrected chi connectivity index (χ4v) is 2.81. The van der Waals surface area contributed by atoms with Crippen molar-refractivity contribution in [1.29, 1.82) is 0 Å². The molecule has 3 N–H and O–H groups in total. The minimum atomic E-state index is -0.914. The van der Waals surface area contributed by atoms with Gasteiger partial charge in [0, 0.05) is 5.69 Å². The summed E-state index contributed by atoms with van der Waals surface area (Å²) in [6.45, 7) is 5.10. The zero-order chi connectivity index (χ0) is 22.8. The molecule has 0 aliphatic carbocycles. The van der Waals surface area contributed by atoms with E-state index >= 15 is 0 Å². The summed E-state index contributed by atoms with van der Waals surface area (Å²) in [5.41, 5.74) is 2.10. The maximum Gasteiger partial charge on any atom is 0.408 e. The van der Waals surface area contributed by atoms with Crippen molar-refractivity contribution in [3.05, 3.63) is 77.6 Å². The van der Waals surface area contributed by atoms with Gasteiger partial charge < -0.3 is 20.5 Å². The number of carbonyl (C=O) groups is 2. The Morgan fingerprint density at radius 2 is 1.68 bits per heavy atom. The van der Waals surface area contributed by atoms with E-state index in [9.17, 15) is 14.0 Å². The summed E-state index contributed by atoms with van der Waals surface area (Å²) < 4.78 is 20.0. The monoisotopic (exact) mass is 428 g/mol. The molecule has 0 aliphatic heterocycles. The van der Waals surface area contributed by atoms with E-state index in [0.29, 0.717) is 5.69 Å². The molecule has 0 aliphatic rings. The van der Waals surface area contributed by atoms with Crippen molar-refractivity contribution in [1.82, 2.24) is 5.32 Å². The maximum absolute atomic E-state index is 14.9. The van der Waals surface area contributed by atoms with Gasteiger partial charge in [-0.25, -0.2) is 9.18 Å². The van der Waals surface area contributed by atoms with Crippen LogP contribution in [0.15, 0.2) is 66.5 Å². The number of aliphatic hydroxyl groups excluding tert-OH is 1. The minimum absolute atomic E-state index is 0.0801. The molecule has 2 rings (SSSR count). The van der Waals surface area contributed by atoms with Gasteiger partial charge in [0.25, 0.3) is 0 Å². The van der Waals surface area contributed by atoms with Gasteiger partial charge in [0.05, 0.1) is 18.6 Å². The summed E-state index contributed by atoms with van der Waals surface area (Å²) in [4.78, 5) is 24.5. The Balaban J connectivity index is 1.95. The molecule has 0 fully saturated rings. The Labute approximate surface area is 182 Å². The van der Waals surface area contributed by atoms with Crippen LogP contribution < -0.4 is 10.6 Å². The molecule has 2 amide bonds. The van der Waals surface area contributed by atoms with Gasteiger partial charge in [0.15, 0.2) is 0 Å². The number of halogens is 1. The first-order valence-corrected chi connectivity index (χ1v) is 10.1. The number of nitrogens with one attached hydrogen (secondary N) is 2. The zero-order valence-electron chi connectivity index (χ0n) is 18.0. The van der Waals surface area contributed by atoms with Gasteiger partial charge in [-0.3, -0.25) is 4.79 Å². The van der Waals surface area contributed by atoms with E-state index < -0.39 is 23.9 Å². The van der Waals surface area contributed by atoms with Crippen LogP contribution in [0, 0.1) is 11.8 Å². The standard InChI is InChI=1S/C24H29FN2O4/c1-16(2)22(27-24(30)31-15-19-7-5-4-6-8-19)21(25)13-17(3)23(29)26-20-11-9-18(14-28)10-12-20/h4-13,16-17,22,28H,14-15H2,1-3H3,(H,26,29)(H,27,30)/b21-13-/t17-,22+/m1/s1. The fraction of sp³-hybridized carbons (Fsp3) is 0.333. The number of alkyl carbamates (subject to hydrolysis) is 1. The molecule has 0 unspecified atom stereocenters. The molecule has 0 aromatic heterocycles. The van der Waals surface area contributed by atoms with E-state index in [1.54, 1.807) is 45.0 Å². The Hall–Kier alpha value is -3.19. The topological polar surface area (TPSA) is 87.7 Å². The lowest BCUT2D eigenvalue weighted by Gasteiger charge is -2.21. The molecule has 166 valence electrons. The van der Waals surface area contributed by atoms with Crippen molar-refractivity contribution in [3.8, 4) is 0 Å². The van der Waals surface area contributed by atoms with Crippen LogP contribution in [0.4, 0.5) is 14.9 Å². The zero-order valence-corrected chi connectivity index (χ0v) is 18.0. The van der Waals surface area contributed by atoms with Gasteiger partial charge in [-0.1, -0.05) is 56.3 Å². The van der Waals surface area contributed by atoms with E-state index in [0.717, 1.165) is 11.1 Å². The van der Waals surface area contributed by atoms with Gasteiger partial charge in [-0.2, -0.15) is 0 Å². The number of aliphatic hydroxyl groups is 1. The lowest BCUT2D eigenvalue weighted by Crippen LogP contribution is -2.39. The molecular weight excluding hydrogens is 399 g/mol. The average molecular weight is 429 g/mol. The molecule has 0 saturated heterocycles. The van der Waals surface area contributed by atoms with Gasteiger partial charge in [0.1, 0.15) is 12.4 Å². The van der Waals surface area contributed by atoms with E-state index in [4.69, 9.17) is 9.84 Å². The Kier molecular flexibility index (Phi) is 9.21. The number of amides is 2. The molecule has 31 heavy (non-hydrogen) atoms. The van der Waals surface area contributed by atoms with Crippen LogP contribution in [0.3, 0.4) is 0 Å². The number of hydrogen-bond donors (Lipinski definition) is 3. The highest BCUT2D eigenvalue weighted by Crippen LogP contribution is 2.18. The minimum Gasteiger partial charge on any atom is -0.445 e. The molecule has 2 atom stereocenters. The van der Waals surface area contributed by atoms with E-state index in [-0.39, 0.29) is 25.0 Å². The number of benzene rings is 2. The second-order valence-electron chi connectivity index (χ2n) is 7.61. The normalized spacial score (nSPS) is 13.4. The van der Waals surface area contributed by atoms with E-state index in [1.807, 2.05) is 30.3 Å². The van der Waals surface area contributed by atoms with Gasteiger partial charge in [-0.15, -0.1) is 0 Å². The van der Waals surface area contributed by atoms with Crippen molar-refractivity contribution in [2.45, 2.75) is 40.0 Å². The quantitative estimate of drug-likeness (QED) is 0.546. The third kappa shape index (κ3) is 7.86. The first-order valence-electron chi connectivity index (χ1n) is 10.1. The van der Waals surface area contributed by atoms with Crippen LogP contribution in [0.1, 0.15) is 31.9 Å². The first-order chi connectivity index (χ1) is 14.8. The Morgan fingerprint density at radius 1 is 1.03 bits per heavy atom. The summed E-state index contributed by atoms with van der Waals surface area (Å²) >= 11 is 0. The van der Waals surface area contributed by atoms with Gasteiger partial charge in [0.2, 0.25) is 5.91 Å². The van der Waals surface area contributed by atoms with E-state index in [1.165, 1.54) is 6.08 Å². The number of carbonyl (C=O) groups excluding carboxylic acids is 2. The van der Waals surface area contributed by atoms with Crippen molar-refractivity contribution in [3.63, 3.8) is 0 Å². The van der Waals surface area contributed by atoms with Gasteiger partial charge in [-0.05, 0) is 42.2 Å². The SMILES string of the molecule is CC(C)[C@H](NC(=O)OCc1ccccc1)/C(F)=C/[C@@H](C)C(=O)Nc1ccc(CO)cc1. The summed E-state index contributed by atoms with van der Waals surface area (Å²) in [7, 11) is 0. The molecular formula is C24H29FN2O4. The Bertz CT molecular complexity index is 882. The highest BCUT2D eigenvalue weighted by atomic mass is 19.1. The number of rotatable bonds is 9. The van der Waals surface area contributed by atoms with Crippen molar-refractivity contribution in [2.24, 2.45) is 11.8 Å². The van der Waals surface area contributed by atoms with Crippen molar-refractivity contribution >= 4 is 17.7 Å². The average Bonchev–Trinajstić information content (AvgIpc) is 2.76. The molecule has 6 nitrogen and oxygen atoms in total. The third-order valence-corrected chi connectivity index (χ3v) is 4.68. The second-order valence-corrected chi connectivity index (χ2v) is 7.61. The highest BCUT2D eigenvalue weighted by molar-refractivity contribution is 5.93. The predicted octanol–water partition coefficient (Wildman–Crippen LogP) is 4.56. The van der Waals surface area contributed by atoms with Crippen LogP contribution in [0.5, 0.6) is 0 Å². The van der Waals surface area contributed by atoms with Crippen LogP contribution in [0.2, 0.25) is 0 Å². The van der Waals surface area contributed by atoms with Crippen molar-refractivity contribution in [2.75, 3.05) is 5.32 Å². The summed E-state index contributed by atoms with van der Waals surface area (Å²) in [6, 6.07) is 15.0. The summed E-state index contributed by atoms with van der Waals surface area (Å²) in [5.74, 6) is -2.01. The van der Waals surface area contributed by atoms with Gasteiger partial charge >= 0.3 is 6.09 Å². The Morgan fingerprint density at radius 3 is 2.26 bits per heavy atom. The molecule has 2 aromatic carbocycles. The second kappa shape index (κ2) is 11.9. The molecule has 0 spiro atoms. The number of hydrogen-bond acceptors (Lipinski definition) is 4. The molecule has 2 aromatic rings. The smallest absolute Gasteiger partial charge is 0.408 e. The predicted molar refractivity (Wildman–Crippen MR) is 118 cm³/mol. The van der Waals surface area contributed by atoms with Crippen LogP contribution in [0.25, 0.3) is 0 Å². The molecule has 7 heteroatoms. The van der Waals surface area contributed by atoms with Crippen molar-refractivity contribution < 1.29 is 23.8 Å². The molecule has 0 saturated carbocycles. The number of ether oxygens (including phenoxy) is 1. The van der Waals surface area contributed by atoms with Crippen LogP contribution in [-0.4, -0.2) is 23.1 Å². The first kappa shape index (κ1) is 24.1. The van der Waals surface area contributed by atoms with E-state index in [2.05, 4.69) is 10.6 Å². The lowest BCUT2D eigenvalue weighted by atomic mass is 10.00. The van der Waals surface area contributed by atoms with Crippen LogP contribution in [-0.2, 0) is 22.7 Å². The maximum atomic E-state index is 14.9. The molecule has 0 radical (unpaired) electrons.